The number of aliphatic hydroxyl groups is 6. The molecule has 6 N–H and O–H groups in total. The molecular formula is C98H118BrCl3I3MgO15Si3-. The fourth-order valence-corrected chi connectivity index (χ4v) is 30.5. The van der Waals surface area contributed by atoms with Gasteiger partial charge in [0.15, 0.2) is 12.6 Å². The number of fused-ring (bicyclic) bond motifs is 4. The van der Waals surface area contributed by atoms with Gasteiger partial charge in [-0.25, -0.2) is 0 Å². The Balaban J connectivity index is 0.000000206. The Morgan fingerprint density at radius 1 is 0.452 bits per heavy atom. The van der Waals surface area contributed by atoms with E-state index in [1.54, 1.807) is 0 Å². The fourth-order valence-electron chi connectivity index (χ4n) is 16.6. The van der Waals surface area contributed by atoms with Gasteiger partial charge in [0, 0.05) is 16.9 Å². The maximum atomic E-state index is 12.0. The molecule has 1 unspecified atom stereocenters. The Bertz CT molecular complexity index is 4640. The molecule has 0 amide bonds. The van der Waals surface area contributed by atoms with E-state index in [9.17, 15) is 25.5 Å². The van der Waals surface area contributed by atoms with Gasteiger partial charge < -0.3 is 89.6 Å². The van der Waals surface area contributed by atoms with Crippen LogP contribution in [-0.4, -0.2) is 184 Å². The quantitative estimate of drug-likeness (QED) is 0.0182. The molecule has 15 rings (SSSR count). The maximum Gasteiger partial charge on any atom is 2.00 e. The van der Waals surface area contributed by atoms with Crippen molar-refractivity contribution >= 4 is 150 Å². The topological polar surface area (TPSA) is 204 Å². The van der Waals surface area contributed by atoms with Crippen LogP contribution >= 0.6 is 71.5 Å². The molecule has 0 radical (unpaired) electrons. The molecule has 0 aliphatic carbocycles. The summed E-state index contributed by atoms with van der Waals surface area (Å²) in [5.74, 6) is 1.37. The first-order valence-corrected chi connectivity index (χ1v) is 61.8. The van der Waals surface area contributed by atoms with Crippen LogP contribution in [0.15, 0.2) is 267 Å². The number of rotatable bonds is 20. The molecule has 0 aromatic heterocycles. The van der Waals surface area contributed by atoms with E-state index >= 15 is 0 Å². The summed E-state index contributed by atoms with van der Waals surface area (Å²) in [7, 11) is -8.05. The van der Waals surface area contributed by atoms with Gasteiger partial charge in [-0.1, -0.05) is 317 Å². The molecule has 4 bridgehead atoms. The second-order valence-electron chi connectivity index (χ2n) is 34.3. The summed E-state index contributed by atoms with van der Waals surface area (Å²) in [5, 5.41) is 69.2. The number of aliphatic hydroxyl groups excluding tert-OH is 6. The van der Waals surface area contributed by atoms with E-state index in [-0.39, 0.29) is 86.3 Å². The third-order valence-corrected chi connectivity index (χ3v) is 41.3. The summed E-state index contributed by atoms with van der Waals surface area (Å²) in [6.07, 6.45) is -7.60. The normalized spacial score (nSPS) is 23.3. The number of hydrogen-bond acceptors (Lipinski definition) is 15. The summed E-state index contributed by atoms with van der Waals surface area (Å²) in [4.78, 5) is 0. The van der Waals surface area contributed by atoms with Crippen molar-refractivity contribution in [1.29, 1.82) is 0 Å². The molecule has 10 aromatic carbocycles. The van der Waals surface area contributed by atoms with Crippen LogP contribution in [0, 0.1) is 17.9 Å². The van der Waals surface area contributed by atoms with Crippen LogP contribution in [0.2, 0.25) is 25.2 Å². The van der Waals surface area contributed by atoms with E-state index in [2.05, 4.69) is 269 Å². The van der Waals surface area contributed by atoms with Gasteiger partial charge in [-0.3, -0.25) is 0 Å². The molecule has 26 heteroatoms. The van der Waals surface area contributed by atoms with Gasteiger partial charge in [-0.05, 0) is 120 Å². The van der Waals surface area contributed by atoms with Gasteiger partial charge in [0.1, 0.15) is 54.2 Å². The first-order chi connectivity index (χ1) is 58.3. The summed E-state index contributed by atoms with van der Waals surface area (Å²) < 4.78 is 54.1. The predicted octanol–water partition coefficient (Wildman–Crippen LogP) is 10.5. The largest absolute Gasteiger partial charge is 2.00 e. The minimum atomic E-state index is -3.05. The molecule has 5 heterocycles. The maximum absolute atomic E-state index is 12.0. The van der Waals surface area contributed by atoms with Crippen LogP contribution < -0.4 is 70.8 Å². The first kappa shape index (κ1) is 106. The molecule has 5 aliphatic rings. The SMILES string of the molecule is CC(C)(C)[Si](Cl)(c1ccccc1)c1ccccc1.CCOc1ccc(Cc2c[c-]ccc2Cl)cc1.CCOc1ccc(Cc2cc(C3O[C@H](CO)[C@@H](C)[C@H](O)[C@H]3O[Si](c3ccccc3)(c3ccccc3)C(C)(C)C)ccc2Cl)cc1.C[C@H]1[C@H](O)[C@@H](O[Si](c2ccccc2)(c2ccccc2)C(C)(C)C)[C@@H]2OC[C@H]1O2.I[I-]I.O[C@@H]1[C@@H](O)[C@@H]2OC[C@@H](O2)[C@H]1O.[Br-].[Mg+2]. The molecular weight excluding hydrogens is 2090 g/mol. The van der Waals surface area contributed by atoms with Gasteiger partial charge in [0.05, 0.1) is 57.5 Å². The van der Waals surface area contributed by atoms with Crippen LogP contribution in [-0.2, 0) is 45.4 Å². The average molecular weight is 2210 g/mol. The standard InChI is InChI=1S/C38H45ClO5Si.C23H30O4Si.C16H19ClSi.C15H14ClO.C6H10O5.BrH.I3.Mg/c1-6-42-30-20-17-27(18-21-30)23-29-24-28(19-22-33(29)39)36-37(35(41)26(2)34(25-40)43-36)44-45(38(3,4)5,31-13-9-7-10-14-31)32-15-11-8-12-16-32;1-16-19-15-25-22(26-19)21(20(16)24)27-28(23(2,3)4,17-11-7-5-8-12-17)18-13-9-6-10-14-18;1-16(2,3)18(17,14-10-6-4-7-11-14)15-12-8-5-9-13-15;1-2-17-14-9-7-12(8-10-14)11-13-5-3-4-6-15(13)16;7-3-2-1-10-6(11-2)5(9)4(3)8;;1-3-2;/h7-22,24,26,34-37,40-41H,6,23,25H2,1-5H3;5-14,16,19-22,24H,15H2,1-4H3;4-13H,1-3H3;4-10H,2,11H2,1H3;2-9H,1H2;1H;;/q;;;-1;;;-1;+2/p-1/t26-,34-,35+,36?,37-;16-,19-,20+,21-,22-;;;2-,3-,4+,5-,6-;;;/m11..1.../s1. The molecule has 5 fully saturated rings. The van der Waals surface area contributed by atoms with Gasteiger partial charge >= 0.3 is 73.5 Å². The van der Waals surface area contributed by atoms with Crippen molar-refractivity contribution in [2.75, 3.05) is 33.0 Å². The summed E-state index contributed by atoms with van der Waals surface area (Å²) in [6.45, 7) is 29.8. The van der Waals surface area contributed by atoms with E-state index in [0.29, 0.717) is 44.5 Å². The van der Waals surface area contributed by atoms with Crippen LogP contribution in [0.5, 0.6) is 11.5 Å². The van der Waals surface area contributed by atoms with E-state index in [1.165, 1.54) is 26.3 Å². The van der Waals surface area contributed by atoms with Crippen molar-refractivity contribution in [3.63, 3.8) is 0 Å². The Morgan fingerprint density at radius 3 is 1.23 bits per heavy atom. The van der Waals surface area contributed by atoms with Crippen molar-refractivity contribution in [1.82, 2.24) is 0 Å². The zero-order chi connectivity index (χ0) is 88.2. The van der Waals surface area contributed by atoms with Gasteiger partial charge in [0.25, 0.3) is 16.6 Å². The number of hydrogen-bond donors (Lipinski definition) is 6. The van der Waals surface area contributed by atoms with Crippen molar-refractivity contribution in [3.8, 4) is 11.5 Å². The zero-order valence-corrected chi connectivity index (χ0v) is 87.5. The van der Waals surface area contributed by atoms with Crippen molar-refractivity contribution in [2.45, 2.75) is 198 Å². The van der Waals surface area contributed by atoms with E-state index in [0.717, 1.165) is 55.6 Å². The molecule has 5 saturated heterocycles. The van der Waals surface area contributed by atoms with E-state index < -0.39 is 97.6 Å². The van der Waals surface area contributed by atoms with Crippen molar-refractivity contribution in [2.24, 2.45) is 11.8 Å². The fraction of sp³-hybridized carbons (Fsp3) is 0.388. The zero-order valence-electron chi connectivity index (χ0n) is 72.7. The monoisotopic (exact) mass is 2210 g/mol. The average Bonchev–Trinajstić information content (AvgIpc) is 1.14. The number of halogens is 7. The Kier molecular flexibility index (Phi) is 41.8. The molecule has 124 heavy (non-hydrogen) atoms. The molecule has 0 spiro atoms. The third-order valence-electron chi connectivity index (χ3n) is 23.2. The van der Waals surface area contributed by atoms with E-state index in [4.69, 9.17) is 81.4 Å². The Morgan fingerprint density at radius 2 is 0.831 bits per heavy atom. The molecule has 10 aromatic rings. The summed E-state index contributed by atoms with van der Waals surface area (Å²) in [5.41, 5.74) is 5.21. The van der Waals surface area contributed by atoms with Crippen LogP contribution in [0.1, 0.15) is 124 Å². The van der Waals surface area contributed by atoms with Crippen LogP contribution in [0.25, 0.3) is 0 Å². The van der Waals surface area contributed by atoms with Crippen LogP contribution in [0.4, 0.5) is 0 Å². The molecule has 5 aliphatic heterocycles. The molecule has 664 valence electrons. The first-order valence-electron chi connectivity index (χ1n) is 41.6. The molecule has 0 saturated carbocycles. The van der Waals surface area contributed by atoms with Crippen molar-refractivity contribution < 1.29 is 103 Å². The minimum absolute atomic E-state index is 0. The van der Waals surface area contributed by atoms with Gasteiger partial charge in [-0.2, -0.15) is 35.3 Å². The second kappa shape index (κ2) is 49.1. The molecule has 15 atom stereocenters. The van der Waals surface area contributed by atoms with Crippen molar-refractivity contribution in [3.05, 3.63) is 311 Å². The summed E-state index contributed by atoms with van der Waals surface area (Å²) >= 11 is 25.4. The van der Waals surface area contributed by atoms with Gasteiger partial charge in [0.2, 0.25) is 7.38 Å². The second-order valence-corrected chi connectivity index (χ2v) is 65.5. The van der Waals surface area contributed by atoms with E-state index in [1.807, 2.05) is 131 Å². The summed E-state index contributed by atoms with van der Waals surface area (Å²) in [6, 6.07) is 93.5. The Labute approximate surface area is 808 Å². The van der Waals surface area contributed by atoms with Crippen LogP contribution in [0.3, 0.4) is 0 Å². The molecule has 15 nitrogen and oxygen atoms in total. The number of benzene rings is 10. The minimum Gasteiger partial charge on any atom is -1.00 e. The third kappa shape index (κ3) is 25.7. The number of ether oxygens (including phenoxy) is 7. The predicted molar refractivity (Wildman–Crippen MR) is 517 cm³/mol. The Hall–Kier alpha value is -3.76. The smallest absolute Gasteiger partial charge is 1.00 e. The van der Waals surface area contributed by atoms with Gasteiger partial charge in [-0.15, -0.1) is 17.2 Å².